The van der Waals surface area contributed by atoms with Crippen molar-refractivity contribution in [3.63, 3.8) is 0 Å². The van der Waals surface area contributed by atoms with E-state index < -0.39 is 6.10 Å². The molecule has 1 aliphatic rings. The number of β-amino-alcohol motifs (C(OH)–C–C–N with tert-alkyl or cyclic N) is 1. The summed E-state index contributed by atoms with van der Waals surface area (Å²) in [5.74, 6) is 0.749. The normalized spacial score (nSPS) is 16.4. The van der Waals surface area contributed by atoms with Crippen LogP contribution in [0.3, 0.4) is 0 Å². The Labute approximate surface area is 171 Å². The topological polar surface area (TPSA) is 35.9 Å². The van der Waals surface area contributed by atoms with Crippen molar-refractivity contribution in [3.05, 3.63) is 57.6 Å². The monoisotopic (exact) mass is 408 g/mol. The summed E-state index contributed by atoms with van der Waals surface area (Å²) in [5.41, 5.74) is 3.12. The minimum absolute atomic E-state index is 0.273. The fourth-order valence-corrected chi connectivity index (χ4v) is 3.69. The van der Waals surface area contributed by atoms with Gasteiger partial charge in [0.05, 0.1) is 0 Å². The highest BCUT2D eigenvalue weighted by molar-refractivity contribution is 6.32. The van der Waals surface area contributed by atoms with Gasteiger partial charge in [0.2, 0.25) is 0 Å². The molecule has 2 aromatic carbocycles. The summed E-state index contributed by atoms with van der Waals surface area (Å²) in [6.45, 7) is 8.44. The largest absolute Gasteiger partial charge is 0.491 e. The Balaban J connectivity index is 1.45. The van der Waals surface area contributed by atoms with E-state index in [4.69, 9.17) is 27.9 Å². The maximum atomic E-state index is 10.4. The fourth-order valence-electron chi connectivity index (χ4n) is 3.39. The van der Waals surface area contributed by atoms with E-state index in [-0.39, 0.29) is 6.61 Å². The molecule has 3 rings (SSSR count). The first-order chi connectivity index (χ1) is 12.9. The zero-order chi connectivity index (χ0) is 19.4. The summed E-state index contributed by atoms with van der Waals surface area (Å²) in [6, 6.07) is 11.8. The Morgan fingerprint density at radius 1 is 1.04 bits per heavy atom. The zero-order valence-corrected chi connectivity index (χ0v) is 17.3. The van der Waals surface area contributed by atoms with Crippen molar-refractivity contribution in [2.75, 3.05) is 44.2 Å². The van der Waals surface area contributed by atoms with E-state index in [2.05, 4.69) is 15.9 Å². The third-order valence-electron chi connectivity index (χ3n) is 4.87. The van der Waals surface area contributed by atoms with Gasteiger partial charge in [-0.2, -0.15) is 0 Å². The highest BCUT2D eigenvalue weighted by Gasteiger charge is 2.20. The van der Waals surface area contributed by atoms with Gasteiger partial charge in [0.25, 0.3) is 0 Å². The van der Waals surface area contributed by atoms with Crippen LogP contribution in [0.15, 0.2) is 36.4 Å². The molecule has 0 saturated carbocycles. The SMILES string of the molecule is Cc1cc(OC[C@H](O)CN2CCN(c3cccc(Cl)c3)CC2)cc(C)c1Cl. The lowest BCUT2D eigenvalue weighted by molar-refractivity contribution is 0.0663. The molecule has 27 heavy (non-hydrogen) atoms. The molecule has 1 N–H and O–H groups in total. The first kappa shape index (κ1) is 20.3. The number of aryl methyl sites for hydroxylation is 2. The van der Waals surface area contributed by atoms with Gasteiger partial charge in [0.15, 0.2) is 0 Å². The Morgan fingerprint density at radius 2 is 1.70 bits per heavy atom. The Morgan fingerprint density at radius 3 is 2.33 bits per heavy atom. The van der Waals surface area contributed by atoms with Crippen molar-refractivity contribution in [2.24, 2.45) is 0 Å². The van der Waals surface area contributed by atoms with Crippen molar-refractivity contribution in [2.45, 2.75) is 20.0 Å². The molecule has 1 fully saturated rings. The second kappa shape index (κ2) is 9.16. The molecule has 0 unspecified atom stereocenters. The second-order valence-corrected chi connectivity index (χ2v) is 7.92. The quantitative estimate of drug-likeness (QED) is 0.777. The predicted octanol–water partition coefficient (Wildman–Crippen LogP) is 4.17. The average Bonchev–Trinajstić information content (AvgIpc) is 2.65. The van der Waals surface area contributed by atoms with Gasteiger partial charge in [-0.25, -0.2) is 0 Å². The van der Waals surface area contributed by atoms with Crippen LogP contribution in [0.4, 0.5) is 5.69 Å². The van der Waals surface area contributed by atoms with Crippen LogP contribution in [0.25, 0.3) is 0 Å². The average molecular weight is 409 g/mol. The van der Waals surface area contributed by atoms with E-state index in [1.165, 1.54) is 0 Å². The molecule has 0 bridgehead atoms. The summed E-state index contributed by atoms with van der Waals surface area (Å²) < 4.78 is 5.77. The van der Waals surface area contributed by atoms with Crippen LogP contribution in [0.1, 0.15) is 11.1 Å². The lowest BCUT2D eigenvalue weighted by Gasteiger charge is -2.36. The van der Waals surface area contributed by atoms with Gasteiger partial charge in [0, 0.05) is 48.5 Å². The van der Waals surface area contributed by atoms with Crippen molar-refractivity contribution >= 4 is 28.9 Å². The maximum absolute atomic E-state index is 10.4. The molecule has 0 spiro atoms. The van der Waals surface area contributed by atoms with Crippen LogP contribution in [0.5, 0.6) is 5.75 Å². The molecule has 4 nitrogen and oxygen atoms in total. The molecule has 1 saturated heterocycles. The summed E-state index contributed by atoms with van der Waals surface area (Å²) in [6.07, 6.45) is -0.529. The second-order valence-electron chi connectivity index (χ2n) is 7.10. The minimum atomic E-state index is -0.529. The minimum Gasteiger partial charge on any atom is -0.491 e. The molecule has 146 valence electrons. The summed E-state index contributed by atoms with van der Waals surface area (Å²) in [7, 11) is 0. The van der Waals surface area contributed by atoms with E-state index in [0.717, 1.165) is 58.8 Å². The van der Waals surface area contributed by atoms with Crippen molar-refractivity contribution < 1.29 is 9.84 Å². The Hall–Kier alpha value is -1.46. The van der Waals surface area contributed by atoms with Gasteiger partial charge in [-0.15, -0.1) is 0 Å². The van der Waals surface area contributed by atoms with Gasteiger partial charge < -0.3 is 14.7 Å². The number of halogens is 2. The van der Waals surface area contributed by atoms with Crippen LogP contribution < -0.4 is 9.64 Å². The van der Waals surface area contributed by atoms with E-state index >= 15 is 0 Å². The molecular formula is C21H26Cl2N2O2. The number of aliphatic hydroxyl groups excluding tert-OH is 1. The van der Waals surface area contributed by atoms with E-state index in [1.54, 1.807) is 0 Å². The van der Waals surface area contributed by atoms with E-state index in [1.807, 2.05) is 44.2 Å². The predicted molar refractivity (Wildman–Crippen MR) is 113 cm³/mol. The Kier molecular flexibility index (Phi) is 6.88. The molecule has 0 aliphatic carbocycles. The lowest BCUT2D eigenvalue weighted by Crippen LogP contribution is -2.49. The molecule has 0 radical (unpaired) electrons. The molecule has 0 aromatic heterocycles. The number of piperazine rings is 1. The number of hydrogen-bond acceptors (Lipinski definition) is 4. The molecule has 1 aliphatic heterocycles. The number of nitrogens with zero attached hydrogens (tertiary/aromatic N) is 2. The number of hydrogen-bond donors (Lipinski definition) is 1. The molecule has 6 heteroatoms. The highest BCUT2D eigenvalue weighted by atomic mass is 35.5. The van der Waals surface area contributed by atoms with Gasteiger partial charge in [-0.3, -0.25) is 4.90 Å². The van der Waals surface area contributed by atoms with Gasteiger partial charge in [-0.1, -0.05) is 29.3 Å². The number of anilines is 1. The maximum Gasteiger partial charge on any atom is 0.120 e. The van der Waals surface area contributed by atoms with Crippen molar-refractivity contribution in [3.8, 4) is 5.75 Å². The number of rotatable bonds is 6. The smallest absolute Gasteiger partial charge is 0.120 e. The number of benzene rings is 2. The zero-order valence-electron chi connectivity index (χ0n) is 15.8. The van der Waals surface area contributed by atoms with Crippen LogP contribution in [-0.2, 0) is 0 Å². The van der Waals surface area contributed by atoms with Crippen molar-refractivity contribution in [1.29, 1.82) is 0 Å². The molecule has 1 atom stereocenters. The number of ether oxygens (including phenoxy) is 1. The fraction of sp³-hybridized carbons (Fsp3) is 0.429. The van der Waals surface area contributed by atoms with Crippen LogP contribution in [0, 0.1) is 13.8 Å². The summed E-state index contributed by atoms with van der Waals surface area (Å²) in [4.78, 5) is 4.60. The van der Waals surface area contributed by atoms with Crippen molar-refractivity contribution in [1.82, 2.24) is 4.90 Å². The standard InChI is InChI=1S/C21H26Cl2N2O2/c1-15-10-20(11-16(2)21(15)23)27-14-19(26)13-24-6-8-25(9-7-24)18-5-3-4-17(22)12-18/h3-5,10-12,19,26H,6-9,13-14H2,1-2H3/t19-/m1/s1. The first-order valence-corrected chi connectivity index (χ1v) is 9.98. The van der Waals surface area contributed by atoms with E-state index in [9.17, 15) is 5.11 Å². The third kappa shape index (κ3) is 5.52. The van der Waals surface area contributed by atoms with Gasteiger partial charge in [-0.05, 0) is 55.3 Å². The first-order valence-electron chi connectivity index (χ1n) is 9.23. The Bertz CT molecular complexity index is 754. The van der Waals surface area contributed by atoms with Crippen LogP contribution >= 0.6 is 23.2 Å². The van der Waals surface area contributed by atoms with Crippen LogP contribution in [-0.4, -0.2) is 55.4 Å². The van der Waals surface area contributed by atoms with Gasteiger partial charge >= 0.3 is 0 Å². The van der Waals surface area contributed by atoms with E-state index in [0.29, 0.717) is 6.54 Å². The highest BCUT2D eigenvalue weighted by Crippen LogP contribution is 2.26. The molecular weight excluding hydrogens is 383 g/mol. The summed E-state index contributed by atoms with van der Waals surface area (Å²) in [5, 5.41) is 11.9. The van der Waals surface area contributed by atoms with Crippen LogP contribution in [0.2, 0.25) is 10.0 Å². The molecule has 0 amide bonds. The van der Waals surface area contributed by atoms with Gasteiger partial charge in [0.1, 0.15) is 18.5 Å². The molecule has 1 heterocycles. The summed E-state index contributed by atoms with van der Waals surface area (Å²) >= 11 is 12.3. The molecule has 2 aromatic rings. The number of aliphatic hydroxyl groups is 1. The lowest BCUT2D eigenvalue weighted by atomic mass is 10.1. The third-order valence-corrected chi connectivity index (χ3v) is 5.70.